The van der Waals surface area contributed by atoms with Crippen LogP contribution < -0.4 is 10.1 Å². The third-order valence-electron chi connectivity index (χ3n) is 3.25. The average Bonchev–Trinajstić information content (AvgIpc) is 2.33. The van der Waals surface area contributed by atoms with Crippen molar-refractivity contribution in [2.75, 3.05) is 13.7 Å². The van der Waals surface area contributed by atoms with Crippen LogP contribution in [-0.2, 0) is 0 Å². The summed E-state index contributed by atoms with van der Waals surface area (Å²) in [6.07, 6.45) is 0.551. The van der Waals surface area contributed by atoms with Crippen LogP contribution in [-0.4, -0.2) is 24.3 Å². The molecule has 3 heteroatoms. The van der Waals surface area contributed by atoms with Crippen molar-refractivity contribution in [1.29, 1.82) is 0 Å². The highest BCUT2D eigenvalue weighted by atomic mass is 16.5. The Labute approximate surface area is 123 Å². The lowest BCUT2D eigenvalue weighted by atomic mass is 9.81. The van der Waals surface area contributed by atoms with E-state index in [0.29, 0.717) is 6.54 Å². The molecule has 3 nitrogen and oxygen atoms in total. The minimum atomic E-state index is -0.500. The molecule has 0 heterocycles. The van der Waals surface area contributed by atoms with Crippen LogP contribution in [0, 0.1) is 5.41 Å². The molecule has 0 saturated heterocycles. The molecule has 0 aliphatic rings. The van der Waals surface area contributed by atoms with Crippen molar-refractivity contribution in [3.63, 3.8) is 0 Å². The standard InChI is InChI=1S/C17H29NO2/c1-16(2,3)12-17(4,5)18-11-15(19)13-7-9-14(20-6)10-8-13/h7-10,15,18-19H,11-12H2,1-6H3. The minimum Gasteiger partial charge on any atom is -0.497 e. The monoisotopic (exact) mass is 279 g/mol. The Morgan fingerprint density at radius 1 is 1.10 bits per heavy atom. The van der Waals surface area contributed by atoms with Crippen molar-refractivity contribution in [2.45, 2.75) is 52.7 Å². The second-order valence-electron chi connectivity index (χ2n) is 7.29. The van der Waals surface area contributed by atoms with E-state index in [4.69, 9.17) is 4.74 Å². The van der Waals surface area contributed by atoms with E-state index in [9.17, 15) is 5.11 Å². The van der Waals surface area contributed by atoms with Gasteiger partial charge < -0.3 is 15.2 Å². The first kappa shape index (κ1) is 17.0. The fourth-order valence-corrected chi connectivity index (χ4v) is 2.71. The number of nitrogens with one attached hydrogen (secondary N) is 1. The maximum absolute atomic E-state index is 10.2. The van der Waals surface area contributed by atoms with Crippen molar-refractivity contribution in [2.24, 2.45) is 5.41 Å². The number of rotatable bonds is 6. The van der Waals surface area contributed by atoms with Crippen LogP contribution in [0.25, 0.3) is 0 Å². The Bertz CT molecular complexity index is 404. The van der Waals surface area contributed by atoms with Crippen LogP contribution in [0.4, 0.5) is 0 Å². The summed E-state index contributed by atoms with van der Waals surface area (Å²) in [6, 6.07) is 7.56. The molecule has 1 unspecified atom stereocenters. The molecule has 1 aromatic rings. The van der Waals surface area contributed by atoms with Crippen LogP contribution in [0.15, 0.2) is 24.3 Å². The highest BCUT2D eigenvalue weighted by molar-refractivity contribution is 5.28. The highest BCUT2D eigenvalue weighted by Crippen LogP contribution is 2.27. The summed E-state index contributed by atoms with van der Waals surface area (Å²) in [6.45, 7) is 11.6. The van der Waals surface area contributed by atoms with Crippen molar-refractivity contribution in [3.05, 3.63) is 29.8 Å². The predicted octanol–water partition coefficient (Wildman–Crippen LogP) is 3.53. The molecule has 0 fully saturated rings. The zero-order valence-corrected chi connectivity index (χ0v) is 13.7. The third-order valence-corrected chi connectivity index (χ3v) is 3.25. The Morgan fingerprint density at radius 3 is 2.10 bits per heavy atom. The van der Waals surface area contributed by atoms with Crippen molar-refractivity contribution in [3.8, 4) is 5.75 Å². The number of aliphatic hydroxyl groups excluding tert-OH is 1. The van der Waals surface area contributed by atoms with Crippen molar-refractivity contribution in [1.82, 2.24) is 5.32 Å². The van der Waals surface area contributed by atoms with Gasteiger partial charge in [0, 0.05) is 12.1 Å². The molecular formula is C17H29NO2. The number of hydrogen-bond acceptors (Lipinski definition) is 3. The number of β-amino-alcohol motifs (C(OH)–C–C–N with tert-alkyl or cyclic N) is 1. The lowest BCUT2D eigenvalue weighted by molar-refractivity contribution is 0.148. The van der Waals surface area contributed by atoms with E-state index < -0.39 is 6.10 Å². The van der Waals surface area contributed by atoms with Gasteiger partial charge in [0.1, 0.15) is 5.75 Å². The lowest BCUT2D eigenvalue weighted by Gasteiger charge is -2.34. The average molecular weight is 279 g/mol. The molecule has 0 bridgehead atoms. The van der Waals surface area contributed by atoms with Gasteiger partial charge in [-0.05, 0) is 43.4 Å². The van der Waals surface area contributed by atoms with E-state index in [1.165, 1.54) is 0 Å². The smallest absolute Gasteiger partial charge is 0.118 e. The molecule has 0 saturated carbocycles. The van der Waals surface area contributed by atoms with Gasteiger partial charge in [-0.1, -0.05) is 32.9 Å². The highest BCUT2D eigenvalue weighted by Gasteiger charge is 2.25. The van der Waals surface area contributed by atoms with Crippen molar-refractivity contribution >= 4 is 0 Å². The van der Waals surface area contributed by atoms with Gasteiger partial charge in [-0.3, -0.25) is 0 Å². The van der Waals surface area contributed by atoms with E-state index >= 15 is 0 Å². The second kappa shape index (κ2) is 6.59. The largest absolute Gasteiger partial charge is 0.497 e. The van der Waals surface area contributed by atoms with E-state index in [2.05, 4.69) is 39.9 Å². The van der Waals surface area contributed by atoms with Crippen LogP contribution >= 0.6 is 0 Å². The lowest BCUT2D eigenvalue weighted by Crippen LogP contribution is -2.44. The summed E-state index contributed by atoms with van der Waals surface area (Å²) in [4.78, 5) is 0. The van der Waals surface area contributed by atoms with Gasteiger partial charge in [0.05, 0.1) is 13.2 Å². The zero-order valence-electron chi connectivity index (χ0n) is 13.7. The number of hydrogen-bond donors (Lipinski definition) is 2. The Balaban J connectivity index is 2.55. The molecule has 1 atom stereocenters. The summed E-state index contributed by atoms with van der Waals surface area (Å²) in [5.41, 5.74) is 1.18. The quantitative estimate of drug-likeness (QED) is 0.837. The van der Waals surface area contributed by atoms with E-state index in [-0.39, 0.29) is 11.0 Å². The first-order chi connectivity index (χ1) is 9.13. The van der Waals surface area contributed by atoms with E-state index in [0.717, 1.165) is 17.7 Å². The Hall–Kier alpha value is -1.06. The van der Waals surface area contributed by atoms with Crippen LogP contribution in [0.1, 0.15) is 52.7 Å². The summed E-state index contributed by atoms with van der Waals surface area (Å²) in [7, 11) is 1.64. The fraction of sp³-hybridized carbons (Fsp3) is 0.647. The van der Waals surface area contributed by atoms with Crippen LogP contribution in [0.2, 0.25) is 0 Å². The SMILES string of the molecule is COc1ccc(C(O)CNC(C)(C)CC(C)(C)C)cc1. The predicted molar refractivity (Wildman–Crippen MR) is 84.1 cm³/mol. The first-order valence-electron chi connectivity index (χ1n) is 7.20. The summed E-state index contributed by atoms with van der Waals surface area (Å²) in [5, 5.41) is 13.7. The normalized spacial score (nSPS) is 14.2. The van der Waals surface area contributed by atoms with Gasteiger partial charge in [-0.15, -0.1) is 0 Å². The molecule has 1 rings (SSSR count). The molecule has 2 N–H and O–H groups in total. The Morgan fingerprint density at radius 2 is 1.65 bits per heavy atom. The molecule has 0 amide bonds. The van der Waals surface area contributed by atoms with Crippen LogP contribution in [0.3, 0.4) is 0 Å². The van der Waals surface area contributed by atoms with E-state index in [1.54, 1.807) is 7.11 Å². The van der Waals surface area contributed by atoms with Gasteiger partial charge in [0.15, 0.2) is 0 Å². The van der Waals surface area contributed by atoms with Gasteiger partial charge in [0.25, 0.3) is 0 Å². The van der Waals surface area contributed by atoms with Crippen molar-refractivity contribution < 1.29 is 9.84 Å². The maximum atomic E-state index is 10.2. The molecule has 0 aromatic heterocycles. The number of aliphatic hydroxyl groups is 1. The first-order valence-corrected chi connectivity index (χ1v) is 7.20. The van der Waals surface area contributed by atoms with Gasteiger partial charge in [0.2, 0.25) is 0 Å². The topological polar surface area (TPSA) is 41.5 Å². The molecule has 0 spiro atoms. The zero-order chi connectivity index (χ0) is 15.4. The molecule has 1 aromatic carbocycles. The molecule has 114 valence electrons. The maximum Gasteiger partial charge on any atom is 0.118 e. The van der Waals surface area contributed by atoms with E-state index in [1.807, 2.05) is 24.3 Å². The van der Waals surface area contributed by atoms with Gasteiger partial charge in [-0.2, -0.15) is 0 Å². The summed E-state index contributed by atoms with van der Waals surface area (Å²) < 4.78 is 5.12. The van der Waals surface area contributed by atoms with Gasteiger partial charge in [-0.25, -0.2) is 0 Å². The molecule has 0 aliphatic heterocycles. The van der Waals surface area contributed by atoms with Gasteiger partial charge >= 0.3 is 0 Å². The number of benzene rings is 1. The summed E-state index contributed by atoms with van der Waals surface area (Å²) in [5.74, 6) is 0.807. The minimum absolute atomic E-state index is 0.00566. The number of ether oxygens (including phenoxy) is 1. The molecular weight excluding hydrogens is 250 g/mol. The fourth-order valence-electron chi connectivity index (χ4n) is 2.71. The molecule has 20 heavy (non-hydrogen) atoms. The number of methoxy groups -OCH3 is 1. The third kappa shape index (κ3) is 5.93. The van der Waals surface area contributed by atoms with Crippen LogP contribution in [0.5, 0.6) is 5.75 Å². The summed E-state index contributed by atoms with van der Waals surface area (Å²) >= 11 is 0. The second-order valence-corrected chi connectivity index (χ2v) is 7.29. The molecule has 0 aliphatic carbocycles. The Kier molecular flexibility index (Phi) is 5.60. The molecule has 0 radical (unpaired) electrons.